The standard InChI is InChI=1S/C49H29N3O2/c1-2-8-32(9-3-1)49-51-43(31-16-14-30(15-17-31)42-29-50-28-36-10-4-5-11-37(36)42)27-44(52-49)35-18-21-39-41-25-34(20-23-47(41)54-48(39)26-35)33-19-22-46-40(24-33)38-12-6-7-13-45(38)53-46/h1-29H. The van der Waals surface area contributed by atoms with Crippen molar-refractivity contribution in [1.82, 2.24) is 15.0 Å². The molecule has 54 heavy (non-hydrogen) atoms. The number of nitrogens with zero attached hydrogens (tertiary/aromatic N) is 3. The number of para-hydroxylation sites is 1. The molecule has 252 valence electrons. The van der Waals surface area contributed by atoms with Crippen molar-refractivity contribution in [2.24, 2.45) is 0 Å². The second kappa shape index (κ2) is 12.1. The molecule has 5 nitrogen and oxygen atoms in total. The number of rotatable bonds is 5. The van der Waals surface area contributed by atoms with Gasteiger partial charge in [-0.05, 0) is 70.6 Å². The number of hydrogen-bond acceptors (Lipinski definition) is 5. The van der Waals surface area contributed by atoms with E-state index < -0.39 is 0 Å². The Balaban J connectivity index is 0.987. The molecule has 11 aromatic rings. The van der Waals surface area contributed by atoms with E-state index in [1.165, 1.54) is 5.39 Å². The van der Waals surface area contributed by atoms with Gasteiger partial charge in [-0.15, -0.1) is 0 Å². The van der Waals surface area contributed by atoms with E-state index in [1.807, 2.05) is 60.9 Å². The van der Waals surface area contributed by atoms with Gasteiger partial charge in [0, 0.05) is 61.6 Å². The number of aromatic nitrogens is 3. The van der Waals surface area contributed by atoms with Gasteiger partial charge in [0.2, 0.25) is 0 Å². The molecule has 0 N–H and O–H groups in total. The normalized spacial score (nSPS) is 11.7. The zero-order chi connectivity index (χ0) is 35.6. The predicted molar refractivity (Wildman–Crippen MR) is 219 cm³/mol. The van der Waals surface area contributed by atoms with Gasteiger partial charge in [-0.1, -0.05) is 115 Å². The zero-order valence-corrected chi connectivity index (χ0v) is 28.9. The molecule has 0 aliphatic rings. The van der Waals surface area contributed by atoms with E-state index in [0.717, 1.165) is 99.6 Å². The van der Waals surface area contributed by atoms with E-state index in [2.05, 4.69) is 120 Å². The molecule has 0 aliphatic heterocycles. The van der Waals surface area contributed by atoms with Crippen LogP contribution in [0.2, 0.25) is 0 Å². The summed E-state index contributed by atoms with van der Waals surface area (Å²) in [6, 6.07) is 56.5. The SMILES string of the molecule is c1ccc(-c2nc(-c3ccc(-c4cncc5ccccc45)cc3)cc(-c3ccc4c(c3)oc3ccc(-c5ccc6oc7ccccc7c6c5)cc34)n2)cc1. The van der Waals surface area contributed by atoms with Gasteiger partial charge in [0.15, 0.2) is 5.82 Å². The topological polar surface area (TPSA) is 65.0 Å². The van der Waals surface area contributed by atoms with Gasteiger partial charge in [0.1, 0.15) is 22.3 Å². The molecular formula is C49H29N3O2. The Morgan fingerprint density at radius 2 is 0.907 bits per heavy atom. The van der Waals surface area contributed by atoms with E-state index in [4.69, 9.17) is 18.8 Å². The van der Waals surface area contributed by atoms with Gasteiger partial charge >= 0.3 is 0 Å². The number of hydrogen-bond donors (Lipinski definition) is 0. The number of furan rings is 2. The lowest BCUT2D eigenvalue weighted by Gasteiger charge is -2.11. The minimum Gasteiger partial charge on any atom is -0.456 e. The van der Waals surface area contributed by atoms with Crippen LogP contribution >= 0.6 is 0 Å². The first kappa shape index (κ1) is 30.3. The third-order valence-corrected chi connectivity index (χ3v) is 10.4. The first-order valence-corrected chi connectivity index (χ1v) is 18.0. The van der Waals surface area contributed by atoms with Crippen molar-refractivity contribution in [3.8, 4) is 56.2 Å². The molecule has 5 heteroatoms. The van der Waals surface area contributed by atoms with Gasteiger partial charge in [-0.2, -0.15) is 0 Å². The predicted octanol–water partition coefficient (Wildman–Crippen LogP) is 13.2. The number of benzene rings is 7. The first-order valence-electron chi connectivity index (χ1n) is 18.0. The molecule has 7 aromatic carbocycles. The van der Waals surface area contributed by atoms with Crippen molar-refractivity contribution in [2.45, 2.75) is 0 Å². The second-order valence-corrected chi connectivity index (χ2v) is 13.6. The number of fused-ring (bicyclic) bond motifs is 7. The number of pyridine rings is 1. The average molecular weight is 692 g/mol. The molecular weight excluding hydrogens is 663 g/mol. The zero-order valence-electron chi connectivity index (χ0n) is 28.9. The van der Waals surface area contributed by atoms with Crippen LogP contribution in [0.5, 0.6) is 0 Å². The first-order chi connectivity index (χ1) is 26.7. The minimum absolute atomic E-state index is 0.669. The summed E-state index contributed by atoms with van der Waals surface area (Å²) in [5, 5.41) is 6.66. The van der Waals surface area contributed by atoms with Crippen molar-refractivity contribution in [2.75, 3.05) is 0 Å². The van der Waals surface area contributed by atoms with Gasteiger partial charge in [-0.3, -0.25) is 4.98 Å². The van der Waals surface area contributed by atoms with Crippen LogP contribution in [0, 0.1) is 0 Å². The van der Waals surface area contributed by atoms with Crippen molar-refractivity contribution in [3.05, 3.63) is 176 Å². The molecule has 0 atom stereocenters. The summed E-state index contributed by atoms with van der Waals surface area (Å²) in [6.07, 6.45) is 3.84. The van der Waals surface area contributed by atoms with Crippen LogP contribution in [0.4, 0.5) is 0 Å². The Labute approximate surface area is 309 Å². The van der Waals surface area contributed by atoms with E-state index in [9.17, 15) is 0 Å². The van der Waals surface area contributed by atoms with Gasteiger partial charge < -0.3 is 8.83 Å². The maximum atomic E-state index is 6.47. The molecule has 0 aliphatic carbocycles. The fourth-order valence-corrected chi connectivity index (χ4v) is 7.65. The van der Waals surface area contributed by atoms with Crippen LogP contribution in [0.1, 0.15) is 0 Å². The summed E-state index contributed by atoms with van der Waals surface area (Å²) in [6.45, 7) is 0. The highest BCUT2D eigenvalue weighted by Gasteiger charge is 2.15. The molecule has 0 radical (unpaired) electrons. The van der Waals surface area contributed by atoms with E-state index in [0.29, 0.717) is 5.82 Å². The Morgan fingerprint density at radius 1 is 0.333 bits per heavy atom. The van der Waals surface area contributed by atoms with Crippen LogP contribution in [-0.2, 0) is 0 Å². The fraction of sp³-hybridized carbons (Fsp3) is 0. The molecule has 0 amide bonds. The molecule has 4 aromatic heterocycles. The van der Waals surface area contributed by atoms with Crippen LogP contribution < -0.4 is 0 Å². The summed E-state index contributed by atoms with van der Waals surface area (Å²) >= 11 is 0. The Kier molecular flexibility index (Phi) is 6.79. The molecule has 0 spiro atoms. The Hall–Kier alpha value is -7.37. The van der Waals surface area contributed by atoms with Crippen LogP contribution in [0.3, 0.4) is 0 Å². The summed E-state index contributed by atoms with van der Waals surface area (Å²) < 4.78 is 12.6. The molecule has 0 saturated carbocycles. The highest BCUT2D eigenvalue weighted by molar-refractivity contribution is 6.09. The second-order valence-electron chi connectivity index (χ2n) is 13.6. The van der Waals surface area contributed by atoms with E-state index >= 15 is 0 Å². The maximum absolute atomic E-state index is 6.47. The Morgan fingerprint density at radius 3 is 1.69 bits per heavy atom. The average Bonchev–Trinajstić information content (AvgIpc) is 3.81. The van der Waals surface area contributed by atoms with Crippen molar-refractivity contribution < 1.29 is 8.83 Å². The minimum atomic E-state index is 0.669. The largest absolute Gasteiger partial charge is 0.456 e. The van der Waals surface area contributed by atoms with Crippen molar-refractivity contribution >= 4 is 54.6 Å². The summed E-state index contributed by atoms with van der Waals surface area (Å²) in [4.78, 5) is 14.7. The highest BCUT2D eigenvalue weighted by atomic mass is 16.3. The quantitative estimate of drug-likeness (QED) is 0.180. The monoisotopic (exact) mass is 691 g/mol. The lowest BCUT2D eigenvalue weighted by Crippen LogP contribution is -1.96. The van der Waals surface area contributed by atoms with Gasteiger partial charge in [-0.25, -0.2) is 9.97 Å². The van der Waals surface area contributed by atoms with Crippen LogP contribution in [-0.4, -0.2) is 15.0 Å². The third-order valence-electron chi connectivity index (χ3n) is 10.4. The molecule has 0 fully saturated rings. The lowest BCUT2D eigenvalue weighted by molar-refractivity contribution is 0.668. The summed E-state index contributed by atoms with van der Waals surface area (Å²) in [5.74, 6) is 0.669. The molecule has 4 heterocycles. The summed E-state index contributed by atoms with van der Waals surface area (Å²) in [5.41, 5.74) is 12.5. The van der Waals surface area contributed by atoms with Gasteiger partial charge in [0.25, 0.3) is 0 Å². The van der Waals surface area contributed by atoms with Crippen LogP contribution in [0.25, 0.3) is 111 Å². The van der Waals surface area contributed by atoms with Crippen molar-refractivity contribution in [1.29, 1.82) is 0 Å². The molecule has 0 unspecified atom stereocenters. The molecule has 0 bridgehead atoms. The highest BCUT2D eigenvalue weighted by Crippen LogP contribution is 2.38. The lowest BCUT2D eigenvalue weighted by atomic mass is 9.98. The third kappa shape index (κ3) is 5.06. The van der Waals surface area contributed by atoms with Gasteiger partial charge in [0.05, 0.1) is 11.4 Å². The maximum Gasteiger partial charge on any atom is 0.160 e. The van der Waals surface area contributed by atoms with E-state index in [-0.39, 0.29) is 0 Å². The van der Waals surface area contributed by atoms with Crippen molar-refractivity contribution in [3.63, 3.8) is 0 Å². The Bertz CT molecular complexity index is 3210. The smallest absolute Gasteiger partial charge is 0.160 e. The summed E-state index contributed by atoms with van der Waals surface area (Å²) in [7, 11) is 0. The molecule has 0 saturated heterocycles. The fourth-order valence-electron chi connectivity index (χ4n) is 7.65. The molecule has 11 rings (SSSR count). The van der Waals surface area contributed by atoms with Crippen LogP contribution in [0.15, 0.2) is 185 Å². The van der Waals surface area contributed by atoms with E-state index in [1.54, 1.807) is 0 Å².